The van der Waals surface area contributed by atoms with E-state index in [9.17, 15) is 9.90 Å². The highest BCUT2D eigenvalue weighted by atomic mass is 127. The molecule has 2 aromatic carbocycles. The van der Waals surface area contributed by atoms with Gasteiger partial charge in [0, 0.05) is 19.3 Å². The number of hydrogen-bond acceptors (Lipinski definition) is 3. The van der Waals surface area contributed by atoms with Crippen molar-refractivity contribution in [3.05, 3.63) is 72.9 Å². The van der Waals surface area contributed by atoms with E-state index < -0.39 is 11.6 Å². The van der Waals surface area contributed by atoms with Gasteiger partial charge in [-0.25, -0.2) is 4.79 Å². The third-order valence-corrected chi connectivity index (χ3v) is 5.12. The molecule has 0 fully saturated rings. The number of hydrogen-bond donors (Lipinski definition) is 1. The number of rotatable bonds is 7. The van der Waals surface area contributed by atoms with Gasteiger partial charge in [-0.1, -0.05) is 24.0 Å². The van der Waals surface area contributed by atoms with Gasteiger partial charge in [-0.2, -0.15) is 0 Å². The second kappa shape index (κ2) is 10.8. The van der Waals surface area contributed by atoms with Crippen molar-refractivity contribution in [2.24, 2.45) is 0 Å². The van der Waals surface area contributed by atoms with Crippen LogP contribution in [-0.2, 0) is 15.1 Å². The molecule has 0 aliphatic carbocycles. The molecule has 0 amide bonds. The van der Waals surface area contributed by atoms with Crippen LogP contribution < -0.4 is 4.74 Å². The van der Waals surface area contributed by atoms with Crippen molar-refractivity contribution in [1.29, 1.82) is 0 Å². The molecule has 1 N–H and O–H groups in total. The van der Waals surface area contributed by atoms with Crippen LogP contribution in [0.1, 0.15) is 25.0 Å². The minimum absolute atomic E-state index is 0.314. The van der Waals surface area contributed by atoms with Gasteiger partial charge in [0.2, 0.25) is 0 Å². The van der Waals surface area contributed by atoms with Gasteiger partial charge in [-0.05, 0) is 107 Å². The Kier molecular flexibility index (Phi) is 8.79. The summed E-state index contributed by atoms with van der Waals surface area (Å²) in [6, 6.07) is 13.1. The van der Waals surface area contributed by atoms with Crippen molar-refractivity contribution in [3.8, 4) is 17.6 Å². The van der Waals surface area contributed by atoms with Crippen LogP contribution in [0.2, 0.25) is 0 Å². The lowest BCUT2D eigenvalue weighted by Crippen LogP contribution is -2.35. The maximum atomic E-state index is 11.5. The molecule has 146 valence electrons. The molecule has 0 radical (unpaired) electrons. The Labute approximate surface area is 192 Å². The third-order valence-electron chi connectivity index (χ3n) is 3.87. The number of halogens is 2. The van der Waals surface area contributed by atoms with Crippen molar-refractivity contribution in [2.45, 2.75) is 19.4 Å². The summed E-state index contributed by atoms with van der Waals surface area (Å²) in [6.45, 7) is 4.01. The average Bonchev–Trinajstić information content (AvgIpc) is 2.64. The first-order valence-corrected chi connectivity index (χ1v) is 10.7. The highest BCUT2D eigenvalue weighted by Crippen LogP contribution is 2.27. The Balaban J connectivity index is 1.92. The molecule has 2 rings (SSSR count). The van der Waals surface area contributed by atoms with E-state index in [4.69, 9.17) is 9.47 Å². The largest absolute Gasteiger partial charge is 0.490 e. The Morgan fingerprint density at radius 2 is 1.82 bits per heavy atom. The molecule has 0 bridgehead atoms. The topological polar surface area (TPSA) is 55.8 Å². The molecule has 0 aromatic heterocycles. The zero-order valence-electron chi connectivity index (χ0n) is 15.5. The summed E-state index contributed by atoms with van der Waals surface area (Å²) in [5.74, 6) is 5.73. The molecular weight excluding hydrogens is 582 g/mol. The Bertz CT molecular complexity index is 890. The number of carboxylic acids is 1. The van der Waals surface area contributed by atoms with Gasteiger partial charge < -0.3 is 14.6 Å². The SMILES string of the molecule is CCOC(C)(C(=O)O)c1ccc(OCC=CC#Cc2cc(I)cc(I)c2)cc1. The number of allylic oxidation sites excluding steroid dienone is 1. The highest BCUT2D eigenvalue weighted by molar-refractivity contribution is 14.1. The molecule has 0 aliphatic rings. The Morgan fingerprint density at radius 1 is 1.18 bits per heavy atom. The van der Waals surface area contributed by atoms with E-state index in [-0.39, 0.29) is 0 Å². The number of carbonyl (C=O) groups is 1. The molecule has 0 aliphatic heterocycles. The van der Waals surface area contributed by atoms with Gasteiger partial charge in [-0.3, -0.25) is 0 Å². The number of benzene rings is 2. The quantitative estimate of drug-likeness (QED) is 0.349. The Morgan fingerprint density at radius 3 is 2.39 bits per heavy atom. The number of aliphatic carboxylic acids is 1. The zero-order valence-corrected chi connectivity index (χ0v) is 19.9. The minimum Gasteiger partial charge on any atom is -0.490 e. The van der Waals surface area contributed by atoms with Crippen molar-refractivity contribution < 1.29 is 19.4 Å². The van der Waals surface area contributed by atoms with Crippen LogP contribution in [-0.4, -0.2) is 24.3 Å². The van der Waals surface area contributed by atoms with E-state index in [1.165, 1.54) is 0 Å². The summed E-state index contributed by atoms with van der Waals surface area (Å²) >= 11 is 4.55. The fourth-order valence-electron chi connectivity index (χ4n) is 2.43. The molecule has 1 unspecified atom stereocenters. The van der Waals surface area contributed by atoms with Crippen LogP contribution in [0.5, 0.6) is 5.75 Å². The smallest absolute Gasteiger partial charge is 0.340 e. The van der Waals surface area contributed by atoms with Gasteiger partial charge in [0.05, 0.1) is 0 Å². The maximum Gasteiger partial charge on any atom is 0.340 e. The molecule has 0 saturated carbocycles. The Hall–Kier alpha value is -1.57. The summed E-state index contributed by atoms with van der Waals surface area (Å²) in [6.07, 6.45) is 3.60. The lowest BCUT2D eigenvalue weighted by Gasteiger charge is -2.25. The van der Waals surface area contributed by atoms with Crippen LogP contribution in [0.15, 0.2) is 54.6 Å². The van der Waals surface area contributed by atoms with Crippen molar-refractivity contribution >= 4 is 51.2 Å². The second-order valence-electron chi connectivity index (χ2n) is 5.94. The summed E-state index contributed by atoms with van der Waals surface area (Å²) in [5.41, 5.74) is 0.187. The van der Waals surface area contributed by atoms with E-state index in [2.05, 4.69) is 63.1 Å². The van der Waals surface area contributed by atoms with Gasteiger partial charge in [-0.15, -0.1) is 0 Å². The highest BCUT2D eigenvalue weighted by Gasteiger charge is 2.35. The average molecular weight is 602 g/mol. The first kappa shape index (κ1) is 22.7. The zero-order chi connectivity index (χ0) is 20.6. The number of ether oxygens (including phenoxy) is 2. The van der Waals surface area contributed by atoms with Crippen molar-refractivity contribution in [2.75, 3.05) is 13.2 Å². The van der Waals surface area contributed by atoms with E-state index in [0.717, 1.165) is 12.7 Å². The van der Waals surface area contributed by atoms with Gasteiger partial charge in [0.25, 0.3) is 0 Å². The van der Waals surface area contributed by atoms with E-state index in [1.807, 2.05) is 18.2 Å². The predicted molar refractivity (Wildman–Crippen MR) is 126 cm³/mol. The maximum absolute atomic E-state index is 11.5. The normalized spacial score (nSPS) is 12.9. The lowest BCUT2D eigenvalue weighted by molar-refractivity contribution is -0.164. The number of carboxylic acid groups (broad SMARTS) is 1. The standard InChI is InChI=1S/C22H20I2O4/c1-3-28-22(2,21(25)26)17-8-10-20(11-9-17)27-12-6-4-5-7-16-13-18(23)15-19(24)14-16/h4,6,8-11,13-15H,3,12H2,1-2H3,(H,25,26). The minimum atomic E-state index is -1.37. The molecule has 0 spiro atoms. The summed E-state index contributed by atoms with van der Waals surface area (Å²) in [5, 5.41) is 9.44. The first-order valence-electron chi connectivity index (χ1n) is 8.58. The molecule has 1 atom stereocenters. The summed E-state index contributed by atoms with van der Waals surface area (Å²) < 4.78 is 13.4. The fourth-order valence-corrected chi connectivity index (χ4v) is 4.37. The molecule has 6 heteroatoms. The summed E-state index contributed by atoms with van der Waals surface area (Å²) in [7, 11) is 0. The van der Waals surface area contributed by atoms with Crippen LogP contribution in [0.3, 0.4) is 0 Å². The van der Waals surface area contributed by atoms with Crippen LogP contribution in [0.25, 0.3) is 0 Å². The van der Waals surface area contributed by atoms with Crippen LogP contribution >= 0.6 is 45.2 Å². The monoisotopic (exact) mass is 602 g/mol. The van der Waals surface area contributed by atoms with Crippen molar-refractivity contribution in [3.63, 3.8) is 0 Å². The van der Waals surface area contributed by atoms with E-state index in [1.54, 1.807) is 44.2 Å². The van der Waals surface area contributed by atoms with Gasteiger partial charge in [0.15, 0.2) is 5.60 Å². The van der Waals surface area contributed by atoms with Gasteiger partial charge >= 0.3 is 5.97 Å². The lowest BCUT2D eigenvalue weighted by atomic mass is 9.96. The molecule has 28 heavy (non-hydrogen) atoms. The summed E-state index contributed by atoms with van der Waals surface area (Å²) in [4.78, 5) is 11.5. The van der Waals surface area contributed by atoms with E-state index in [0.29, 0.717) is 24.5 Å². The first-order chi connectivity index (χ1) is 13.3. The molecule has 4 nitrogen and oxygen atoms in total. The third kappa shape index (κ3) is 6.50. The van der Waals surface area contributed by atoms with E-state index >= 15 is 0 Å². The predicted octanol–water partition coefficient (Wildman–Crippen LogP) is 5.22. The fraction of sp³-hybridized carbons (Fsp3) is 0.227. The van der Waals surface area contributed by atoms with Crippen LogP contribution in [0, 0.1) is 19.0 Å². The second-order valence-corrected chi connectivity index (χ2v) is 8.43. The molecule has 0 heterocycles. The van der Waals surface area contributed by atoms with Crippen molar-refractivity contribution in [1.82, 2.24) is 0 Å². The molecule has 2 aromatic rings. The van der Waals surface area contributed by atoms with Crippen LogP contribution in [0.4, 0.5) is 0 Å². The molecule has 0 saturated heterocycles. The van der Waals surface area contributed by atoms with Gasteiger partial charge in [0.1, 0.15) is 12.4 Å². The molecular formula is C22H20I2O4.